The van der Waals surface area contributed by atoms with E-state index in [4.69, 9.17) is 0 Å². The highest BCUT2D eigenvalue weighted by Crippen LogP contribution is 2.41. The Balaban J connectivity index is 2.24. The summed E-state index contributed by atoms with van der Waals surface area (Å²) in [6.45, 7) is 5.00. The molecule has 0 saturated heterocycles. The fourth-order valence-corrected chi connectivity index (χ4v) is 4.04. The first-order valence-electron chi connectivity index (χ1n) is 10.6. The van der Waals surface area contributed by atoms with E-state index in [1.54, 1.807) is 6.92 Å². The van der Waals surface area contributed by atoms with E-state index < -0.39 is 52.7 Å². The Bertz CT molecular complexity index is 1280. The lowest BCUT2D eigenvalue weighted by Gasteiger charge is -2.18. The summed E-state index contributed by atoms with van der Waals surface area (Å²) in [5, 5.41) is 19.3. The summed E-state index contributed by atoms with van der Waals surface area (Å²) < 4.78 is 71.3. The van der Waals surface area contributed by atoms with Gasteiger partial charge < -0.3 is 14.9 Å². The van der Waals surface area contributed by atoms with Gasteiger partial charge in [0.15, 0.2) is 17.4 Å². The van der Waals surface area contributed by atoms with Crippen LogP contribution in [0.2, 0.25) is 0 Å². The van der Waals surface area contributed by atoms with Crippen LogP contribution >= 0.6 is 0 Å². The number of rotatable bonds is 7. The van der Waals surface area contributed by atoms with Crippen LogP contribution in [0.1, 0.15) is 54.2 Å². The predicted octanol–water partition coefficient (Wildman–Crippen LogP) is 6.13. The quantitative estimate of drug-likeness (QED) is 0.382. The number of phenolic OH excluding ortho intramolecular Hbond substituents is 1. The van der Waals surface area contributed by atoms with Gasteiger partial charge in [-0.15, -0.1) is 13.2 Å². The van der Waals surface area contributed by atoms with Gasteiger partial charge in [-0.05, 0) is 49.1 Å². The standard InChI is InChI=1S/C24H22F5NO5/c1-4-11(2)9-15(23(33)34)18-12(3)30(17-10-16(25)21(31)20(26)19(17)18)22(32)13-5-7-14(8-6-13)35-24(27,28)29/h5-8,10-11,15,31H,4,9H2,1-3H3,(H,33,34). The van der Waals surface area contributed by atoms with Crippen molar-refractivity contribution < 1.29 is 46.5 Å². The molecule has 188 valence electrons. The number of halogens is 5. The van der Waals surface area contributed by atoms with E-state index in [2.05, 4.69) is 4.74 Å². The summed E-state index contributed by atoms with van der Waals surface area (Å²) in [5.41, 5.74) is -0.554. The first-order chi connectivity index (χ1) is 16.3. The molecule has 2 atom stereocenters. The number of aromatic nitrogens is 1. The number of fused-ring (bicyclic) bond motifs is 1. The molecule has 0 amide bonds. The van der Waals surface area contributed by atoms with E-state index in [9.17, 15) is 37.4 Å². The molecule has 0 aliphatic carbocycles. The molecule has 6 nitrogen and oxygen atoms in total. The zero-order valence-electron chi connectivity index (χ0n) is 18.9. The van der Waals surface area contributed by atoms with E-state index >= 15 is 4.39 Å². The Morgan fingerprint density at radius 3 is 2.26 bits per heavy atom. The Labute approximate surface area is 196 Å². The third kappa shape index (κ3) is 5.08. The van der Waals surface area contributed by atoms with Gasteiger partial charge >= 0.3 is 12.3 Å². The molecule has 0 aliphatic heterocycles. The Morgan fingerprint density at radius 1 is 1.14 bits per heavy atom. The summed E-state index contributed by atoms with van der Waals surface area (Å²) in [4.78, 5) is 25.5. The van der Waals surface area contributed by atoms with Crippen LogP contribution in [0.4, 0.5) is 22.0 Å². The first-order valence-corrected chi connectivity index (χ1v) is 10.6. The molecular formula is C24H22F5NO5. The molecule has 2 aromatic carbocycles. The molecule has 0 bridgehead atoms. The summed E-state index contributed by atoms with van der Waals surface area (Å²) in [6, 6.07) is 4.59. The number of carbonyl (C=O) groups excluding carboxylic acids is 1. The number of aromatic hydroxyl groups is 1. The number of phenols is 1. The molecule has 2 N–H and O–H groups in total. The minimum Gasteiger partial charge on any atom is -0.503 e. The van der Waals surface area contributed by atoms with E-state index in [-0.39, 0.29) is 34.7 Å². The highest BCUT2D eigenvalue weighted by molar-refractivity contribution is 6.05. The Kier molecular flexibility index (Phi) is 7.09. The Morgan fingerprint density at radius 2 is 1.74 bits per heavy atom. The second kappa shape index (κ2) is 9.55. The number of carboxylic acid groups (broad SMARTS) is 1. The van der Waals surface area contributed by atoms with Crippen molar-refractivity contribution in [1.82, 2.24) is 4.57 Å². The maximum atomic E-state index is 15.1. The van der Waals surface area contributed by atoms with Crippen molar-refractivity contribution >= 4 is 22.8 Å². The van der Waals surface area contributed by atoms with Crippen LogP contribution in [-0.2, 0) is 4.79 Å². The third-order valence-electron chi connectivity index (χ3n) is 5.93. The van der Waals surface area contributed by atoms with E-state index in [1.165, 1.54) is 6.92 Å². The molecule has 3 rings (SSSR count). The lowest BCUT2D eigenvalue weighted by molar-refractivity contribution is -0.274. The molecule has 2 unspecified atom stereocenters. The van der Waals surface area contributed by atoms with Gasteiger partial charge in [0, 0.05) is 22.7 Å². The average molecular weight is 499 g/mol. The van der Waals surface area contributed by atoms with Crippen molar-refractivity contribution in [3.63, 3.8) is 0 Å². The minimum atomic E-state index is -4.94. The third-order valence-corrected chi connectivity index (χ3v) is 5.93. The van der Waals surface area contributed by atoms with E-state index in [0.29, 0.717) is 12.5 Å². The van der Waals surface area contributed by atoms with Crippen molar-refractivity contribution in [1.29, 1.82) is 0 Å². The summed E-state index contributed by atoms with van der Waals surface area (Å²) >= 11 is 0. The van der Waals surface area contributed by atoms with Crippen molar-refractivity contribution in [2.45, 2.75) is 45.9 Å². The van der Waals surface area contributed by atoms with Gasteiger partial charge in [0.05, 0.1) is 11.4 Å². The zero-order chi connectivity index (χ0) is 26.2. The van der Waals surface area contributed by atoms with Crippen LogP contribution < -0.4 is 4.74 Å². The van der Waals surface area contributed by atoms with Crippen molar-refractivity contribution in [3.8, 4) is 11.5 Å². The molecular weight excluding hydrogens is 477 g/mol. The molecule has 1 aromatic heterocycles. The number of hydrogen-bond acceptors (Lipinski definition) is 4. The van der Waals surface area contributed by atoms with Gasteiger partial charge in [-0.3, -0.25) is 14.2 Å². The zero-order valence-corrected chi connectivity index (χ0v) is 18.9. The van der Waals surface area contributed by atoms with Crippen LogP contribution in [-0.4, -0.2) is 33.0 Å². The molecule has 11 heteroatoms. The second-order valence-electron chi connectivity index (χ2n) is 8.27. The number of hydrogen-bond donors (Lipinski definition) is 2. The number of carbonyl (C=O) groups is 2. The minimum absolute atomic E-state index is 0.000205. The van der Waals surface area contributed by atoms with Crippen LogP contribution in [0.15, 0.2) is 30.3 Å². The normalized spacial score (nSPS) is 13.6. The van der Waals surface area contributed by atoms with Gasteiger partial charge in [-0.25, -0.2) is 8.78 Å². The van der Waals surface area contributed by atoms with Crippen molar-refractivity contribution in [2.75, 3.05) is 0 Å². The summed E-state index contributed by atoms with van der Waals surface area (Å²) in [7, 11) is 0. The number of benzene rings is 2. The largest absolute Gasteiger partial charge is 0.573 e. The molecule has 0 radical (unpaired) electrons. The molecule has 35 heavy (non-hydrogen) atoms. The smallest absolute Gasteiger partial charge is 0.503 e. The number of aliphatic carboxylic acids is 1. The lowest BCUT2D eigenvalue weighted by atomic mass is 9.86. The van der Waals surface area contributed by atoms with Crippen LogP contribution in [0.3, 0.4) is 0 Å². The molecule has 0 spiro atoms. The average Bonchev–Trinajstić information content (AvgIpc) is 3.05. The summed E-state index contributed by atoms with van der Waals surface area (Å²) in [6.07, 6.45) is -4.23. The monoisotopic (exact) mass is 499 g/mol. The maximum Gasteiger partial charge on any atom is 0.573 e. The fraction of sp³-hybridized carbons (Fsp3) is 0.333. The van der Waals surface area contributed by atoms with Crippen LogP contribution in [0.5, 0.6) is 11.5 Å². The van der Waals surface area contributed by atoms with E-state index in [0.717, 1.165) is 28.8 Å². The number of alkyl halides is 3. The highest BCUT2D eigenvalue weighted by Gasteiger charge is 2.34. The second-order valence-corrected chi connectivity index (χ2v) is 8.27. The first kappa shape index (κ1) is 26.0. The predicted molar refractivity (Wildman–Crippen MR) is 116 cm³/mol. The van der Waals surface area contributed by atoms with Crippen LogP contribution in [0.25, 0.3) is 10.9 Å². The molecule has 1 heterocycles. The number of ether oxygens (including phenoxy) is 1. The van der Waals surface area contributed by atoms with Gasteiger partial charge in [-0.2, -0.15) is 0 Å². The topological polar surface area (TPSA) is 88.8 Å². The SMILES string of the molecule is CCC(C)CC(C(=O)O)c1c(C)n(C(=O)c2ccc(OC(F)(F)F)cc2)c2cc(F)c(O)c(F)c12. The molecule has 0 saturated carbocycles. The number of carboxylic acids is 1. The molecule has 3 aromatic rings. The van der Waals surface area contributed by atoms with Crippen molar-refractivity contribution in [3.05, 3.63) is 58.8 Å². The van der Waals surface area contributed by atoms with Gasteiger partial charge in [-0.1, -0.05) is 20.3 Å². The maximum absolute atomic E-state index is 15.1. The van der Waals surface area contributed by atoms with E-state index in [1.807, 2.05) is 6.92 Å². The van der Waals surface area contributed by atoms with Gasteiger partial charge in [0.2, 0.25) is 0 Å². The Hall–Kier alpha value is -3.63. The van der Waals surface area contributed by atoms with Gasteiger partial charge in [0.25, 0.3) is 5.91 Å². The molecule has 0 fully saturated rings. The molecule has 0 aliphatic rings. The lowest BCUT2D eigenvalue weighted by Crippen LogP contribution is -2.18. The van der Waals surface area contributed by atoms with Gasteiger partial charge in [0.1, 0.15) is 5.75 Å². The van der Waals surface area contributed by atoms with Crippen molar-refractivity contribution in [2.24, 2.45) is 5.92 Å². The highest BCUT2D eigenvalue weighted by atomic mass is 19.4. The fourth-order valence-electron chi connectivity index (χ4n) is 4.04. The summed E-state index contributed by atoms with van der Waals surface area (Å²) in [5.74, 6) is -8.20. The number of nitrogens with zero attached hydrogens (tertiary/aromatic N) is 1. The van der Waals surface area contributed by atoms with Crippen LogP contribution in [0, 0.1) is 24.5 Å².